The van der Waals surface area contributed by atoms with Gasteiger partial charge in [-0.15, -0.1) is 0 Å². The van der Waals surface area contributed by atoms with E-state index in [0.29, 0.717) is 5.92 Å². The quantitative estimate of drug-likeness (QED) is 0.807. The van der Waals surface area contributed by atoms with Crippen LogP contribution in [0.2, 0.25) is 0 Å². The summed E-state index contributed by atoms with van der Waals surface area (Å²) in [6, 6.07) is 4.24. The number of rotatable bonds is 3. The van der Waals surface area contributed by atoms with Crippen molar-refractivity contribution in [2.24, 2.45) is 5.92 Å². The molecule has 1 aliphatic carbocycles. The molecule has 0 N–H and O–H groups in total. The van der Waals surface area contributed by atoms with E-state index in [1.807, 2.05) is 18.5 Å². The number of allylic oxidation sites excluding steroid dienone is 1. The monoisotopic (exact) mass is 244 g/mol. The molecule has 0 amide bonds. The first-order valence-electron chi connectivity index (χ1n) is 7.02. The Morgan fingerprint density at radius 3 is 2.89 bits per heavy atom. The fraction of sp³-hybridized carbons (Fsp3) is 0.562. The van der Waals surface area contributed by atoms with Crippen LogP contribution in [0.3, 0.4) is 0 Å². The minimum atomic E-state index is 0.657. The standard InChI is InChI=1S/C16H24N2/c1-18(2)13-15-8-5-3-4-6-10-16(15)14-9-7-11-17-12-14/h7,9-12,15H,3-6,8,13H2,1-2H3/b16-10-. The van der Waals surface area contributed by atoms with E-state index in [4.69, 9.17) is 0 Å². The predicted molar refractivity (Wildman–Crippen MR) is 77.3 cm³/mol. The third-order valence-corrected chi connectivity index (χ3v) is 3.64. The van der Waals surface area contributed by atoms with Gasteiger partial charge in [0.05, 0.1) is 0 Å². The van der Waals surface area contributed by atoms with Gasteiger partial charge < -0.3 is 4.90 Å². The first-order valence-corrected chi connectivity index (χ1v) is 7.02. The van der Waals surface area contributed by atoms with E-state index in [1.165, 1.54) is 43.2 Å². The first kappa shape index (κ1) is 13.3. The van der Waals surface area contributed by atoms with E-state index in [9.17, 15) is 0 Å². The number of pyridine rings is 1. The van der Waals surface area contributed by atoms with Crippen molar-refractivity contribution in [3.05, 3.63) is 36.2 Å². The van der Waals surface area contributed by atoms with Crippen molar-refractivity contribution >= 4 is 5.57 Å². The van der Waals surface area contributed by atoms with Gasteiger partial charge in [0.25, 0.3) is 0 Å². The molecule has 0 fully saturated rings. The number of hydrogen-bond donors (Lipinski definition) is 0. The summed E-state index contributed by atoms with van der Waals surface area (Å²) in [5, 5.41) is 0. The average molecular weight is 244 g/mol. The largest absolute Gasteiger partial charge is 0.309 e. The zero-order chi connectivity index (χ0) is 12.8. The molecule has 0 aromatic carbocycles. The van der Waals surface area contributed by atoms with Crippen LogP contribution in [0.15, 0.2) is 30.6 Å². The second kappa shape index (κ2) is 6.69. The Morgan fingerprint density at radius 2 is 2.17 bits per heavy atom. The maximum absolute atomic E-state index is 4.27. The molecule has 2 rings (SSSR count). The van der Waals surface area contributed by atoms with E-state index in [1.54, 1.807) is 0 Å². The van der Waals surface area contributed by atoms with Gasteiger partial charge in [-0.2, -0.15) is 0 Å². The summed E-state index contributed by atoms with van der Waals surface area (Å²) in [5.74, 6) is 0.657. The Hall–Kier alpha value is -1.15. The maximum Gasteiger partial charge on any atom is 0.0343 e. The molecule has 1 unspecified atom stereocenters. The van der Waals surface area contributed by atoms with E-state index in [-0.39, 0.29) is 0 Å². The van der Waals surface area contributed by atoms with Crippen LogP contribution in [0.25, 0.3) is 5.57 Å². The minimum Gasteiger partial charge on any atom is -0.309 e. The van der Waals surface area contributed by atoms with Gasteiger partial charge in [0, 0.05) is 18.9 Å². The second-order valence-corrected chi connectivity index (χ2v) is 5.50. The highest BCUT2D eigenvalue weighted by molar-refractivity contribution is 5.67. The van der Waals surface area contributed by atoms with Crippen LogP contribution >= 0.6 is 0 Å². The molecule has 0 bridgehead atoms. The molecular formula is C16H24N2. The van der Waals surface area contributed by atoms with E-state index in [0.717, 1.165) is 6.54 Å². The Labute approximate surface area is 111 Å². The lowest BCUT2D eigenvalue weighted by Crippen LogP contribution is -2.23. The molecule has 2 nitrogen and oxygen atoms in total. The Bertz CT molecular complexity index is 381. The molecule has 1 heterocycles. The molecule has 0 saturated carbocycles. The molecule has 1 aromatic rings. The number of aromatic nitrogens is 1. The van der Waals surface area contributed by atoms with Crippen molar-refractivity contribution in [1.82, 2.24) is 9.88 Å². The molecule has 0 radical (unpaired) electrons. The fourth-order valence-corrected chi connectivity index (χ4v) is 2.81. The van der Waals surface area contributed by atoms with Crippen molar-refractivity contribution in [2.75, 3.05) is 20.6 Å². The molecule has 1 aliphatic rings. The zero-order valence-corrected chi connectivity index (χ0v) is 11.6. The van der Waals surface area contributed by atoms with Gasteiger partial charge in [-0.25, -0.2) is 0 Å². The molecule has 98 valence electrons. The van der Waals surface area contributed by atoms with Gasteiger partial charge in [-0.1, -0.05) is 25.0 Å². The molecule has 0 aliphatic heterocycles. The molecule has 18 heavy (non-hydrogen) atoms. The van der Waals surface area contributed by atoms with Crippen molar-refractivity contribution in [3.63, 3.8) is 0 Å². The second-order valence-electron chi connectivity index (χ2n) is 5.50. The smallest absolute Gasteiger partial charge is 0.0343 e. The van der Waals surface area contributed by atoms with E-state index >= 15 is 0 Å². The lowest BCUT2D eigenvalue weighted by atomic mass is 9.85. The van der Waals surface area contributed by atoms with Gasteiger partial charge in [0.1, 0.15) is 0 Å². The molecule has 0 saturated heterocycles. The average Bonchev–Trinajstić information content (AvgIpc) is 2.34. The minimum absolute atomic E-state index is 0.657. The zero-order valence-electron chi connectivity index (χ0n) is 11.6. The van der Waals surface area contributed by atoms with Crippen LogP contribution in [0.5, 0.6) is 0 Å². The van der Waals surface area contributed by atoms with Crippen LogP contribution in [0, 0.1) is 5.92 Å². The van der Waals surface area contributed by atoms with Crippen molar-refractivity contribution in [3.8, 4) is 0 Å². The lowest BCUT2D eigenvalue weighted by molar-refractivity contribution is 0.346. The van der Waals surface area contributed by atoms with Gasteiger partial charge >= 0.3 is 0 Å². The van der Waals surface area contributed by atoms with Crippen molar-refractivity contribution in [1.29, 1.82) is 0 Å². The van der Waals surface area contributed by atoms with Crippen LogP contribution in [-0.4, -0.2) is 30.5 Å². The summed E-state index contributed by atoms with van der Waals surface area (Å²) in [6.45, 7) is 1.14. The third kappa shape index (κ3) is 3.67. The molecule has 1 atom stereocenters. The fourth-order valence-electron chi connectivity index (χ4n) is 2.81. The maximum atomic E-state index is 4.27. The van der Waals surface area contributed by atoms with Gasteiger partial charge in [0.15, 0.2) is 0 Å². The van der Waals surface area contributed by atoms with Crippen LogP contribution in [0.4, 0.5) is 0 Å². The highest BCUT2D eigenvalue weighted by Gasteiger charge is 2.18. The number of nitrogens with zero attached hydrogens (tertiary/aromatic N) is 2. The van der Waals surface area contributed by atoms with E-state index < -0.39 is 0 Å². The lowest BCUT2D eigenvalue weighted by Gasteiger charge is -2.25. The summed E-state index contributed by atoms with van der Waals surface area (Å²) < 4.78 is 0. The summed E-state index contributed by atoms with van der Waals surface area (Å²) in [7, 11) is 4.33. The Balaban J connectivity index is 2.24. The first-order chi connectivity index (χ1) is 8.77. The normalized spacial score (nSPS) is 24.2. The van der Waals surface area contributed by atoms with Crippen LogP contribution in [-0.2, 0) is 0 Å². The van der Waals surface area contributed by atoms with Crippen LogP contribution < -0.4 is 0 Å². The van der Waals surface area contributed by atoms with Gasteiger partial charge in [-0.3, -0.25) is 4.98 Å². The summed E-state index contributed by atoms with van der Waals surface area (Å²) in [5.41, 5.74) is 2.82. The van der Waals surface area contributed by atoms with Crippen molar-refractivity contribution in [2.45, 2.75) is 32.1 Å². The van der Waals surface area contributed by atoms with Gasteiger partial charge in [-0.05, 0) is 56.5 Å². The summed E-state index contributed by atoms with van der Waals surface area (Å²) >= 11 is 0. The molecule has 0 spiro atoms. The molecule has 2 heteroatoms. The van der Waals surface area contributed by atoms with Gasteiger partial charge in [0.2, 0.25) is 0 Å². The Morgan fingerprint density at radius 1 is 1.28 bits per heavy atom. The van der Waals surface area contributed by atoms with Crippen molar-refractivity contribution < 1.29 is 0 Å². The molecule has 1 aromatic heterocycles. The van der Waals surface area contributed by atoms with Crippen LogP contribution in [0.1, 0.15) is 37.7 Å². The number of hydrogen-bond acceptors (Lipinski definition) is 2. The third-order valence-electron chi connectivity index (χ3n) is 3.64. The molecular weight excluding hydrogens is 220 g/mol. The highest BCUT2D eigenvalue weighted by atomic mass is 15.1. The summed E-state index contributed by atoms with van der Waals surface area (Å²) in [4.78, 5) is 6.58. The highest BCUT2D eigenvalue weighted by Crippen LogP contribution is 2.30. The SMILES string of the molecule is CN(C)CC1CCCCC/C=C\1c1cccnc1. The van der Waals surface area contributed by atoms with E-state index in [2.05, 4.69) is 36.1 Å². The Kier molecular flexibility index (Phi) is 4.94. The summed E-state index contributed by atoms with van der Waals surface area (Å²) in [6.07, 6.45) is 12.9. The predicted octanol–water partition coefficient (Wildman–Crippen LogP) is 3.61. The topological polar surface area (TPSA) is 16.1 Å².